The molecule has 29 heavy (non-hydrogen) atoms. The van der Waals surface area contributed by atoms with Crippen LogP contribution in [-0.2, 0) is 13.0 Å². The summed E-state index contributed by atoms with van der Waals surface area (Å²) in [6.45, 7) is 7.12. The van der Waals surface area contributed by atoms with Crippen molar-refractivity contribution in [3.63, 3.8) is 0 Å². The fourth-order valence-electron chi connectivity index (χ4n) is 4.29. The molecule has 0 spiro atoms. The first kappa shape index (κ1) is 21.5. The van der Waals surface area contributed by atoms with E-state index in [1.54, 1.807) is 14.0 Å². The maximum absolute atomic E-state index is 11.6. The van der Waals surface area contributed by atoms with Gasteiger partial charge in [-0.25, -0.2) is 0 Å². The summed E-state index contributed by atoms with van der Waals surface area (Å²) in [5.41, 5.74) is 3.39. The average molecular weight is 395 g/mol. The molecule has 0 bridgehead atoms. The van der Waals surface area contributed by atoms with Gasteiger partial charge in [0.15, 0.2) is 5.78 Å². The average Bonchev–Trinajstić information content (AvgIpc) is 2.73. The molecule has 0 saturated carbocycles. The SMILES string of the molecule is COc1ccc(CCN2CCC[C@@H](CN(C)Cc3cccc(C(C)=O)c3)C2)cc1. The first-order valence-electron chi connectivity index (χ1n) is 10.7. The van der Waals surface area contributed by atoms with Crippen LogP contribution >= 0.6 is 0 Å². The number of benzene rings is 2. The number of ether oxygens (including phenoxy) is 1. The van der Waals surface area contributed by atoms with Gasteiger partial charge < -0.3 is 14.5 Å². The lowest BCUT2D eigenvalue weighted by molar-refractivity contribution is 0.101. The lowest BCUT2D eigenvalue weighted by Gasteiger charge is -2.34. The van der Waals surface area contributed by atoms with Crippen LogP contribution in [0.15, 0.2) is 48.5 Å². The van der Waals surface area contributed by atoms with Gasteiger partial charge in [0.05, 0.1) is 7.11 Å². The first-order valence-corrected chi connectivity index (χ1v) is 10.7. The predicted octanol–water partition coefficient (Wildman–Crippen LogP) is 4.28. The summed E-state index contributed by atoms with van der Waals surface area (Å²) in [7, 11) is 3.90. The number of ketones is 1. The number of carbonyl (C=O) groups is 1. The van der Waals surface area contributed by atoms with Gasteiger partial charge in [0.2, 0.25) is 0 Å². The van der Waals surface area contributed by atoms with Crippen LogP contribution in [0.5, 0.6) is 5.75 Å². The highest BCUT2D eigenvalue weighted by Crippen LogP contribution is 2.19. The molecular weight excluding hydrogens is 360 g/mol. The van der Waals surface area contributed by atoms with Crippen LogP contribution < -0.4 is 4.74 Å². The number of likely N-dealkylation sites (tertiary alicyclic amines) is 1. The molecule has 1 aliphatic rings. The summed E-state index contributed by atoms with van der Waals surface area (Å²) < 4.78 is 5.24. The molecule has 1 aliphatic heterocycles. The van der Waals surface area contributed by atoms with E-state index in [-0.39, 0.29) is 5.78 Å². The quantitative estimate of drug-likeness (QED) is 0.594. The molecule has 3 rings (SSSR count). The van der Waals surface area contributed by atoms with Gasteiger partial charge in [0, 0.05) is 31.7 Å². The third-order valence-corrected chi connectivity index (χ3v) is 5.83. The molecule has 0 amide bonds. The van der Waals surface area contributed by atoms with Gasteiger partial charge >= 0.3 is 0 Å². The van der Waals surface area contributed by atoms with Crippen molar-refractivity contribution in [1.82, 2.24) is 9.80 Å². The van der Waals surface area contributed by atoms with Gasteiger partial charge in [0.25, 0.3) is 0 Å². The van der Waals surface area contributed by atoms with Gasteiger partial charge in [-0.15, -0.1) is 0 Å². The molecule has 0 unspecified atom stereocenters. The molecule has 4 heteroatoms. The topological polar surface area (TPSA) is 32.8 Å². The fourth-order valence-corrected chi connectivity index (χ4v) is 4.29. The van der Waals surface area contributed by atoms with E-state index in [0.717, 1.165) is 37.4 Å². The third kappa shape index (κ3) is 6.69. The van der Waals surface area contributed by atoms with Crippen LogP contribution in [0.4, 0.5) is 0 Å². The van der Waals surface area contributed by atoms with Crippen LogP contribution in [0, 0.1) is 5.92 Å². The Bertz CT molecular complexity index is 788. The summed E-state index contributed by atoms with van der Waals surface area (Å²) in [6, 6.07) is 16.5. The van der Waals surface area contributed by atoms with E-state index < -0.39 is 0 Å². The number of hydrogen-bond acceptors (Lipinski definition) is 4. The van der Waals surface area contributed by atoms with Crippen LogP contribution in [-0.4, -0.2) is 55.9 Å². The van der Waals surface area contributed by atoms with Crippen LogP contribution in [0.3, 0.4) is 0 Å². The van der Waals surface area contributed by atoms with Gasteiger partial charge in [-0.1, -0.05) is 30.3 Å². The molecule has 0 aliphatic carbocycles. The molecule has 0 radical (unpaired) electrons. The number of hydrogen-bond donors (Lipinski definition) is 0. The van der Waals surface area contributed by atoms with E-state index in [4.69, 9.17) is 4.74 Å². The number of nitrogens with zero attached hydrogens (tertiary/aromatic N) is 2. The summed E-state index contributed by atoms with van der Waals surface area (Å²) in [4.78, 5) is 16.6. The van der Waals surface area contributed by atoms with Crippen LogP contribution in [0.2, 0.25) is 0 Å². The van der Waals surface area contributed by atoms with Crippen molar-refractivity contribution in [3.05, 3.63) is 65.2 Å². The molecular formula is C25H34N2O2. The second-order valence-corrected chi connectivity index (χ2v) is 8.36. The highest BCUT2D eigenvalue weighted by Gasteiger charge is 2.21. The molecule has 2 aromatic carbocycles. The lowest BCUT2D eigenvalue weighted by Crippen LogP contribution is -2.40. The first-order chi connectivity index (χ1) is 14.0. The monoisotopic (exact) mass is 394 g/mol. The number of rotatable bonds is 9. The predicted molar refractivity (Wildman–Crippen MR) is 119 cm³/mol. The maximum atomic E-state index is 11.6. The minimum absolute atomic E-state index is 0.134. The highest BCUT2D eigenvalue weighted by molar-refractivity contribution is 5.94. The van der Waals surface area contributed by atoms with Crippen molar-refractivity contribution in [2.75, 3.05) is 40.3 Å². The maximum Gasteiger partial charge on any atom is 0.159 e. The molecule has 0 N–H and O–H groups in total. The molecule has 1 fully saturated rings. The van der Waals surface area contributed by atoms with Crippen LogP contribution in [0.1, 0.15) is 41.3 Å². The van der Waals surface area contributed by atoms with Gasteiger partial charge in [-0.2, -0.15) is 0 Å². The Hall–Kier alpha value is -2.17. The Labute approximate surface area is 175 Å². The zero-order chi connectivity index (χ0) is 20.6. The van der Waals surface area contributed by atoms with Crippen molar-refractivity contribution in [3.8, 4) is 5.75 Å². The van der Waals surface area contributed by atoms with E-state index in [2.05, 4.69) is 35.0 Å². The Morgan fingerprint density at radius 3 is 2.69 bits per heavy atom. The highest BCUT2D eigenvalue weighted by atomic mass is 16.5. The Balaban J connectivity index is 1.46. The van der Waals surface area contributed by atoms with Gasteiger partial charge in [-0.3, -0.25) is 4.79 Å². The number of piperidine rings is 1. The van der Waals surface area contributed by atoms with Gasteiger partial charge in [-0.05, 0) is 75.0 Å². The zero-order valence-corrected chi connectivity index (χ0v) is 18.1. The normalized spacial score (nSPS) is 17.4. The van der Waals surface area contributed by atoms with Crippen LogP contribution in [0.25, 0.3) is 0 Å². The van der Waals surface area contributed by atoms with Crippen molar-refractivity contribution in [1.29, 1.82) is 0 Å². The van der Waals surface area contributed by atoms with E-state index >= 15 is 0 Å². The Morgan fingerprint density at radius 1 is 1.17 bits per heavy atom. The summed E-state index contributed by atoms with van der Waals surface area (Å²) in [6.07, 6.45) is 3.67. The molecule has 2 aromatic rings. The summed E-state index contributed by atoms with van der Waals surface area (Å²) in [5, 5.41) is 0. The van der Waals surface area contributed by atoms with Crippen molar-refractivity contribution < 1.29 is 9.53 Å². The second kappa shape index (κ2) is 10.6. The molecule has 1 saturated heterocycles. The molecule has 4 nitrogen and oxygen atoms in total. The summed E-state index contributed by atoms with van der Waals surface area (Å²) >= 11 is 0. The van der Waals surface area contributed by atoms with E-state index in [1.165, 1.54) is 37.1 Å². The summed E-state index contributed by atoms with van der Waals surface area (Å²) in [5.74, 6) is 1.76. The molecule has 1 heterocycles. The number of methoxy groups -OCH3 is 1. The number of Topliss-reactive ketones (excluding diaryl/α,β-unsaturated/α-hetero) is 1. The minimum Gasteiger partial charge on any atom is -0.497 e. The second-order valence-electron chi connectivity index (χ2n) is 8.36. The number of carbonyl (C=O) groups excluding carboxylic acids is 1. The fraction of sp³-hybridized carbons (Fsp3) is 0.480. The lowest BCUT2D eigenvalue weighted by atomic mass is 9.96. The van der Waals surface area contributed by atoms with E-state index in [1.807, 2.05) is 30.3 Å². The molecule has 156 valence electrons. The van der Waals surface area contributed by atoms with E-state index in [0.29, 0.717) is 5.92 Å². The largest absolute Gasteiger partial charge is 0.497 e. The van der Waals surface area contributed by atoms with E-state index in [9.17, 15) is 4.79 Å². The third-order valence-electron chi connectivity index (χ3n) is 5.83. The van der Waals surface area contributed by atoms with Gasteiger partial charge in [0.1, 0.15) is 5.75 Å². The molecule has 0 aromatic heterocycles. The molecule has 1 atom stereocenters. The van der Waals surface area contributed by atoms with Crippen molar-refractivity contribution in [2.45, 2.75) is 32.7 Å². The van der Waals surface area contributed by atoms with Crippen molar-refractivity contribution in [2.24, 2.45) is 5.92 Å². The smallest absolute Gasteiger partial charge is 0.159 e. The Morgan fingerprint density at radius 2 is 1.97 bits per heavy atom. The zero-order valence-electron chi connectivity index (χ0n) is 18.1. The van der Waals surface area contributed by atoms with Crippen molar-refractivity contribution >= 4 is 5.78 Å². The Kier molecular flexibility index (Phi) is 7.84. The standard InChI is InChI=1S/C25H34N2O2/c1-20(28)24-8-4-6-22(16-24)17-26(2)18-23-7-5-14-27(19-23)15-13-21-9-11-25(29-3)12-10-21/h4,6,8-12,16,23H,5,7,13-15,17-19H2,1-3H3/t23-/m0/s1. The minimum atomic E-state index is 0.134.